The summed E-state index contributed by atoms with van der Waals surface area (Å²) in [5, 5.41) is 3.29. The topological polar surface area (TPSA) is 70.6 Å². The molecule has 1 amide bonds. The Morgan fingerprint density at radius 3 is 2.71 bits per heavy atom. The number of hydrogen-bond donors (Lipinski definition) is 1. The molecule has 1 N–H and O–H groups in total. The van der Waals surface area contributed by atoms with Crippen LogP contribution in [0.25, 0.3) is 0 Å². The molecule has 2 aliphatic rings. The first kappa shape index (κ1) is 21.0. The van der Waals surface area contributed by atoms with E-state index in [0.717, 1.165) is 77.4 Å². The Kier molecular flexibility index (Phi) is 8.03. The fourth-order valence-electron chi connectivity index (χ4n) is 4.54. The van der Waals surface area contributed by atoms with Gasteiger partial charge in [0.25, 0.3) is 0 Å². The number of hydrogen-bond acceptors (Lipinski definition) is 6. The molecular weight excluding hydrogens is 354 g/mol. The van der Waals surface area contributed by atoms with Crippen LogP contribution in [0.1, 0.15) is 39.5 Å². The standard InChI is InChI=1S/C21H35N5O2/c1-3-17(4-2)19(25-10-12-28-13-11-25)14-24-21(27)18-6-5-9-26(16-18)20-15-22-7-8-23-20/h7-8,15,17-19H,3-6,9-14,16H2,1-2H3,(H,24,27)/t18-,19-/m0/s1. The minimum Gasteiger partial charge on any atom is -0.379 e. The fourth-order valence-corrected chi connectivity index (χ4v) is 4.54. The van der Waals surface area contributed by atoms with Crippen molar-refractivity contribution in [3.8, 4) is 0 Å². The number of anilines is 1. The highest BCUT2D eigenvalue weighted by atomic mass is 16.5. The molecule has 0 bridgehead atoms. The number of morpholine rings is 1. The first-order valence-corrected chi connectivity index (χ1v) is 10.8. The molecule has 0 aromatic carbocycles. The fraction of sp³-hybridized carbons (Fsp3) is 0.762. The molecule has 0 radical (unpaired) electrons. The first-order chi connectivity index (χ1) is 13.7. The maximum atomic E-state index is 12.9. The van der Waals surface area contributed by atoms with Crippen LogP contribution in [0.3, 0.4) is 0 Å². The second-order valence-corrected chi connectivity index (χ2v) is 7.89. The minimum atomic E-state index is 0.0165. The van der Waals surface area contributed by atoms with Crippen LogP contribution in [0.5, 0.6) is 0 Å². The molecular formula is C21H35N5O2. The van der Waals surface area contributed by atoms with E-state index in [0.29, 0.717) is 12.0 Å². The molecule has 1 aromatic heterocycles. The van der Waals surface area contributed by atoms with Gasteiger partial charge in [-0.1, -0.05) is 26.7 Å². The van der Waals surface area contributed by atoms with E-state index < -0.39 is 0 Å². The van der Waals surface area contributed by atoms with Crippen LogP contribution >= 0.6 is 0 Å². The molecule has 2 aliphatic heterocycles. The molecule has 7 heteroatoms. The van der Waals surface area contributed by atoms with Gasteiger partial charge in [-0.05, 0) is 18.8 Å². The van der Waals surface area contributed by atoms with Gasteiger partial charge < -0.3 is 15.0 Å². The van der Waals surface area contributed by atoms with E-state index in [9.17, 15) is 4.79 Å². The van der Waals surface area contributed by atoms with Crippen LogP contribution in [-0.2, 0) is 9.53 Å². The summed E-state index contributed by atoms with van der Waals surface area (Å²) >= 11 is 0. The first-order valence-electron chi connectivity index (χ1n) is 10.8. The van der Waals surface area contributed by atoms with Gasteiger partial charge in [0, 0.05) is 51.2 Å². The minimum absolute atomic E-state index is 0.0165. The van der Waals surface area contributed by atoms with Crippen molar-refractivity contribution in [1.29, 1.82) is 0 Å². The molecule has 2 saturated heterocycles. The predicted molar refractivity (Wildman–Crippen MR) is 110 cm³/mol. The third kappa shape index (κ3) is 5.41. The van der Waals surface area contributed by atoms with Gasteiger partial charge in [-0.2, -0.15) is 0 Å². The lowest BCUT2D eigenvalue weighted by atomic mass is 9.91. The van der Waals surface area contributed by atoms with E-state index in [2.05, 4.69) is 38.9 Å². The Bertz CT molecular complexity index is 590. The Morgan fingerprint density at radius 1 is 1.25 bits per heavy atom. The summed E-state index contributed by atoms with van der Waals surface area (Å²) in [7, 11) is 0. The smallest absolute Gasteiger partial charge is 0.224 e. The van der Waals surface area contributed by atoms with Gasteiger partial charge in [-0.3, -0.25) is 14.7 Å². The summed E-state index contributed by atoms with van der Waals surface area (Å²) in [6.45, 7) is 10.4. The molecule has 0 unspecified atom stereocenters. The Labute approximate surface area is 168 Å². The maximum Gasteiger partial charge on any atom is 0.224 e. The lowest BCUT2D eigenvalue weighted by Gasteiger charge is -2.39. The largest absolute Gasteiger partial charge is 0.379 e. The summed E-state index contributed by atoms with van der Waals surface area (Å²) < 4.78 is 5.53. The number of nitrogens with zero attached hydrogens (tertiary/aromatic N) is 4. The summed E-state index contributed by atoms with van der Waals surface area (Å²) in [6, 6.07) is 0.391. The lowest BCUT2D eigenvalue weighted by molar-refractivity contribution is -0.125. The van der Waals surface area contributed by atoms with Gasteiger partial charge in [0.15, 0.2) is 0 Å². The molecule has 2 fully saturated rings. The van der Waals surface area contributed by atoms with E-state index in [4.69, 9.17) is 4.74 Å². The second-order valence-electron chi connectivity index (χ2n) is 7.89. The molecule has 1 aromatic rings. The average Bonchev–Trinajstić information content (AvgIpc) is 2.77. The Hall–Kier alpha value is -1.73. The van der Waals surface area contributed by atoms with Crippen molar-refractivity contribution in [3.05, 3.63) is 18.6 Å². The highest BCUT2D eigenvalue weighted by Gasteiger charge is 2.30. The Balaban J connectivity index is 1.57. The van der Waals surface area contributed by atoms with Gasteiger partial charge in [-0.25, -0.2) is 4.98 Å². The van der Waals surface area contributed by atoms with Crippen LogP contribution in [0.2, 0.25) is 0 Å². The van der Waals surface area contributed by atoms with E-state index in [-0.39, 0.29) is 11.8 Å². The van der Waals surface area contributed by atoms with Gasteiger partial charge in [0.2, 0.25) is 5.91 Å². The van der Waals surface area contributed by atoms with Crippen molar-refractivity contribution in [2.24, 2.45) is 11.8 Å². The van der Waals surface area contributed by atoms with Crippen molar-refractivity contribution < 1.29 is 9.53 Å². The SMILES string of the molecule is CCC(CC)[C@H](CNC(=O)[C@H]1CCCN(c2cnccn2)C1)N1CCOCC1. The average molecular weight is 390 g/mol. The van der Waals surface area contributed by atoms with Crippen LogP contribution in [0.15, 0.2) is 18.6 Å². The van der Waals surface area contributed by atoms with Crippen LogP contribution < -0.4 is 10.2 Å². The van der Waals surface area contributed by atoms with Crippen molar-refractivity contribution in [2.45, 2.75) is 45.6 Å². The van der Waals surface area contributed by atoms with E-state index >= 15 is 0 Å². The zero-order chi connectivity index (χ0) is 19.8. The number of ether oxygens (including phenoxy) is 1. The van der Waals surface area contributed by atoms with Gasteiger partial charge in [0.05, 0.1) is 25.3 Å². The summed E-state index contributed by atoms with van der Waals surface area (Å²) in [4.78, 5) is 26.2. The molecule has 0 spiro atoms. The van der Waals surface area contributed by atoms with Gasteiger partial charge in [0.1, 0.15) is 5.82 Å². The number of piperidine rings is 1. The maximum absolute atomic E-state index is 12.9. The monoisotopic (exact) mass is 389 g/mol. The highest BCUT2D eigenvalue weighted by molar-refractivity contribution is 5.79. The van der Waals surface area contributed by atoms with Crippen LogP contribution in [0, 0.1) is 11.8 Å². The van der Waals surface area contributed by atoms with Crippen LogP contribution in [0.4, 0.5) is 5.82 Å². The van der Waals surface area contributed by atoms with Crippen molar-refractivity contribution in [3.63, 3.8) is 0 Å². The van der Waals surface area contributed by atoms with E-state index in [1.54, 1.807) is 18.6 Å². The molecule has 0 saturated carbocycles. The van der Waals surface area contributed by atoms with E-state index in [1.165, 1.54) is 0 Å². The summed E-state index contributed by atoms with van der Waals surface area (Å²) in [6.07, 6.45) is 9.39. The van der Waals surface area contributed by atoms with Crippen molar-refractivity contribution in [2.75, 3.05) is 50.8 Å². The quantitative estimate of drug-likeness (QED) is 0.733. The van der Waals surface area contributed by atoms with Crippen molar-refractivity contribution >= 4 is 11.7 Å². The molecule has 0 aliphatic carbocycles. The second kappa shape index (κ2) is 10.7. The zero-order valence-electron chi connectivity index (χ0n) is 17.3. The number of nitrogens with one attached hydrogen (secondary N) is 1. The Morgan fingerprint density at radius 2 is 2.04 bits per heavy atom. The predicted octanol–water partition coefficient (Wildman–Crippen LogP) is 1.95. The normalized spacial score (nSPS) is 22.2. The molecule has 28 heavy (non-hydrogen) atoms. The molecule has 3 heterocycles. The van der Waals surface area contributed by atoms with E-state index in [1.807, 2.05) is 0 Å². The highest BCUT2D eigenvalue weighted by Crippen LogP contribution is 2.22. The zero-order valence-corrected chi connectivity index (χ0v) is 17.3. The number of carbonyl (C=O) groups excluding carboxylic acids is 1. The number of rotatable bonds is 8. The molecule has 156 valence electrons. The number of aromatic nitrogens is 2. The van der Waals surface area contributed by atoms with Gasteiger partial charge in [-0.15, -0.1) is 0 Å². The third-order valence-electron chi connectivity index (χ3n) is 6.26. The summed E-state index contributed by atoms with van der Waals surface area (Å²) in [5.74, 6) is 1.66. The summed E-state index contributed by atoms with van der Waals surface area (Å²) in [5.41, 5.74) is 0. The third-order valence-corrected chi connectivity index (χ3v) is 6.26. The molecule has 2 atom stereocenters. The lowest BCUT2D eigenvalue weighted by Crippen LogP contribution is -2.53. The number of amides is 1. The van der Waals surface area contributed by atoms with Gasteiger partial charge >= 0.3 is 0 Å². The molecule has 7 nitrogen and oxygen atoms in total. The number of carbonyl (C=O) groups is 1. The van der Waals surface area contributed by atoms with Crippen molar-refractivity contribution in [1.82, 2.24) is 20.2 Å². The molecule has 3 rings (SSSR count). The van der Waals surface area contributed by atoms with Crippen LogP contribution in [-0.4, -0.2) is 72.8 Å².